The number of rotatable bonds is 4. The quantitative estimate of drug-likeness (QED) is 0.335. The fourth-order valence-electron chi connectivity index (χ4n) is 0.744. The maximum atomic E-state index is 6.97. The van der Waals surface area contributed by atoms with Gasteiger partial charge in [0.15, 0.2) is 0 Å². The first-order valence-corrected chi connectivity index (χ1v) is 3.55. The second-order valence-electron chi connectivity index (χ2n) is 3.64. The van der Waals surface area contributed by atoms with E-state index in [2.05, 4.69) is 21.1 Å². The van der Waals surface area contributed by atoms with Crippen LogP contribution in [-0.2, 0) is 0 Å². The zero-order valence-corrected chi connectivity index (χ0v) is 7.15. The molecule has 0 radical (unpaired) electrons. The summed E-state index contributed by atoms with van der Waals surface area (Å²) in [5.74, 6) is 0.299. The molecule has 0 heterocycles. The molecule has 3 heteroatoms. The minimum Gasteiger partial charge on any atom is -0.388 e. The highest BCUT2D eigenvalue weighted by Gasteiger charge is 2.05. The summed E-state index contributed by atoms with van der Waals surface area (Å²) in [6.07, 6.45) is 1.74. The first-order valence-electron chi connectivity index (χ1n) is 3.55. The van der Waals surface area contributed by atoms with Gasteiger partial charge in [-0.1, -0.05) is 0 Å². The maximum Gasteiger partial charge on any atom is 0.0907 e. The van der Waals surface area contributed by atoms with Crippen LogP contribution in [0.4, 0.5) is 0 Å². The zero-order chi connectivity index (χ0) is 8.20. The fourth-order valence-corrected chi connectivity index (χ4v) is 0.744. The number of nitrogens with one attached hydrogen (secondary N) is 1. The smallest absolute Gasteiger partial charge is 0.0907 e. The monoisotopic (exact) mass is 144 g/mol. The summed E-state index contributed by atoms with van der Waals surface area (Å²) in [7, 11) is 6.42. The van der Waals surface area contributed by atoms with E-state index < -0.39 is 0 Å². The van der Waals surface area contributed by atoms with Gasteiger partial charge in [0.2, 0.25) is 0 Å². The van der Waals surface area contributed by atoms with Gasteiger partial charge in [0.25, 0.3) is 0 Å². The molecule has 0 fully saturated rings. The summed E-state index contributed by atoms with van der Waals surface area (Å²) in [6.45, 7) is 1.08. The standard InChI is InChI=1S/C7H18N3/c1-10(2,3)6-4-5-7(8)9/h4-6H2,1-3H3,(H3,8,9)/q+1. The van der Waals surface area contributed by atoms with Gasteiger partial charge in [0.1, 0.15) is 0 Å². The molecule has 0 unspecified atom stereocenters. The maximum absolute atomic E-state index is 6.97. The Kier molecular flexibility index (Phi) is 3.36. The Labute approximate surface area is 62.9 Å². The number of quaternary nitrogens is 1. The molecule has 3 nitrogen and oxygen atoms in total. The van der Waals surface area contributed by atoms with Crippen molar-refractivity contribution in [2.24, 2.45) is 5.73 Å². The van der Waals surface area contributed by atoms with Crippen LogP contribution in [0.2, 0.25) is 0 Å². The van der Waals surface area contributed by atoms with Crippen LogP contribution >= 0.6 is 0 Å². The van der Waals surface area contributed by atoms with Crippen LogP contribution in [0, 0.1) is 5.41 Å². The molecule has 0 saturated heterocycles. The summed E-state index contributed by atoms with van der Waals surface area (Å²) < 4.78 is 0.952. The van der Waals surface area contributed by atoms with Crippen molar-refractivity contribution in [3.8, 4) is 0 Å². The Bertz CT molecular complexity index is 113. The van der Waals surface area contributed by atoms with Crippen molar-refractivity contribution in [1.82, 2.24) is 0 Å². The first-order chi connectivity index (χ1) is 4.42. The largest absolute Gasteiger partial charge is 0.388 e. The molecule has 60 valence electrons. The minimum atomic E-state index is 0.299. The third-order valence-corrected chi connectivity index (χ3v) is 1.28. The summed E-state index contributed by atoms with van der Waals surface area (Å²) in [5.41, 5.74) is 5.20. The second kappa shape index (κ2) is 3.56. The van der Waals surface area contributed by atoms with Crippen molar-refractivity contribution < 1.29 is 4.48 Å². The average Bonchev–Trinajstić information content (AvgIpc) is 1.59. The molecular weight excluding hydrogens is 126 g/mol. The van der Waals surface area contributed by atoms with Crippen molar-refractivity contribution in [3.05, 3.63) is 0 Å². The van der Waals surface area contributed by atoms with E-state index in [9.17, 15) is 0 Å². The summed E-state index contributed by atoms with van der Waals surface area (Å²) >= 11 is 0. The van der Waals surface area contributed by atoms with Gasteiger partial charge < -0.3 is 10.2 Å². The molecule has 0 aliphatic rings. The molecule has 0 bridgehead atoms. The lowest BCUT2D eigenvalue weighted by Crippen LogP contribution is -2.35. The van der Waals surface area contributed by atoms with E-state index in [0.29, 0.717) is 5.84 Å². The molecule has 0 amide bonds. The highest BCUT2D eigenvalue weighted by atomic mass is 15.3. The van der Waals surface area contributed by atoms with E-state index in [1.807, 2.05) is 0 Å². The van der Waals surface area contributed by atoms with Gasteiger partial charge in [-0.25, -0.2) is 0 Å². The SMILES string of the molecule is C[N+](C)(C)CCCC(=N)N. The van der Waals surface area contributed by atoms with Gasteiger partial charge in [-0.3, -0.25) is 5.41 Å². The Morgan fingerprint density at radius 3 is 2.20 bits per heavy atom. The van der Waals surface area contributed by atoms with Gasteiger partial charge in [-0.05, 0) is 0 Å². The van der Waals surface area contributed by atoms with Gasteiger partial charge in [-0.15, -0.1) is 0 Å². The van der Waals surface area contributed by atoms with Crippen LogP contribution in [0.1, 0.15) is 12.8 Å². The first kappa shape index (κ1) is 9.43. The Balaban J connectivity index is 3.29. The summed E-state index contributed by atoms with van der Waals surface area (Å²) in [4.78, 5) is 0. The van der Waals surface area contributed by atoms with E-state index in [-0.39, 0.29) is 0 Å². The van der Waals surface area contributed by atoms with Crippen molar-refractivity contribution in [3.63, 3.8) is 0 Å². The van der Waals surface area contributed by atoms with E-state index in [1.54, 1.807) is 0 Å². The van der Waals surface area contributed by atoms with Gasteiger partial charge in [0.05, 0.1) is 33.5 Å². The van der Waals surface area contributed by atoms with Crippen LogP contribution in [0.15, 0.2) is 0 Å². The molecular formula is C7H18N3+. The predicted octanol–water partition coefficient (Wildman–Crippen LogP) is 0.409. The number of nitrogens with zero attached hydrogens (tertiary/aromatic N) is 1. The Morgan fingerprint density at radius 1 is 1.40 bits per heavy atom. The highest BCUT2D eigenvalue weighted by Crippen LogP contribution is 1.95. The minimum absolute atomic E-state index is 0.299. The highest BCUT2D eigenvalue weighted by molar-refractivity contribution is 5.76. The van der Waals surface area contributed by atoms with Crippen molar-refractivity contribution >= 4 is 5.84 Å². The average molecular weight is 144 g/mol. The van der Waals surface area contributed by atoms with Crippen molar-refractivity contribution in [1.29, 1.82) is 5.41 Å². The lowest BCUT2D eigenvalue weighted by atomic mass is 10.3. The predicted molar refractivity (Wildman–Crippen MR) is 44.0 cm³/mol. The Morgan fingerprint density at radius 2 is 1.90 bits per heavy atom. The second-order valence-corrected chi connectivity index (χ2v) is 3.64. The number of hydrogen-bond acceptors (Lipinski definition) is 1. The molecule has 10 heavy (non-hydrogen) atoms. The van der Waals surface area contributed by atoms with Gasteiger partial charge in [-0.2, -0.15) is 0 Å². The topological polar surface area (TPSA) is 49.9 Å². The van der Waals surface area contributed by atoms with Crippen LogP contribution in [0.3, 0.4) is 0 Å². The van der Waals surface area contributed by atoms with Gasteiger partial charge in [0, 0.05) is 12.8 Å². The van der Waals surface area contributed by atoms with E-state index >= 15 is 0 Å². The number of hydrogen-bond donors (Lipinski definition) is 2. The number of amidine groups is 1. The Hall–Kier alpha value is -0.570. The molecule has 3 N–H and O–H groups in total. The molecule has 0 atom stereocenters. The number of nitrogens with two attached hydrogens (primary N) is 1. The molecule has 0 aromatic rings. The third-order valence-electron chi connectivity index (χ3n) is 1.28. The van der Waals surface area contributed by atoms with Crippen LogP contribution < -0.4 is 5.73 Å². The lowest BCUT2D eigenvalue weighted by Gasteiger charge is -2.23. The van der Waals surface area contributed by atoms with Crippen LogP contribution in [0.25, 0.3) is 0 Å². The molecule has 0 aromatic heterocycles. The van der Waals surface area contributed by atoms with E-state index in [0.717, 1.165) is 23.9 Å². The van der Waals surface area contributed by atoms with Crippen molar-refractivity contribution in [2.45, 2.75) is 12.8 Å². The third kappa shape index (κ3) is 7.43. The van der Waals surface area contributed by atoms with E-state index in [4.69, 9.17) is 11.1 Å². The molecule has 0 aliphatic heterocycles. The molecule has 0 rings (SSSR count). The van der Waals surface area contributed by atoms with Crippen molar-refractivity contribution in [2.75, 3.05) is 27.7 Å². The lowest BCUT2D eigenvalue weighted by molar-refractivity contribution is -0.870. The fraction of sp³-hybridized carbons (Fsp3) is 0.857. The van der Waals surface area contributed by atoms with Gasteiger partial charge >= 0.3 is 0 Å². The molecule has 0 spiro atoms. The molecule has 0 aromatic carbocycles. The zero-order valence-electron chi connectivity index (χ0n) is 7.15. The normalized spacial score (nSPS) is 11.5. The van der Waals surface area contributed by atoms with Crippen LogP contribution in [0.5, 0.6) is 0 Å². The summed E-state index contributed by atoms with van der Waals surface area (Å²) in [5, 5.41) is 6.97. The van der Waals surface area contributed by atoms with Crippen LogP contribution in [-0.4, -0.2) is 38.0 Å². The molecule has 0 saturated carbocycles. The van der Waals surface area contributed by atoms with E-state index in [1.165, 1.54) is 0 Å². The molecule has 0 aliphatic carbocycles. The summed E-state index contributed by atoms with van der Waals surface area (Å²) in [6, 6.07) is 0.